The highest BCUT2D eigenvalue weighted by Crippen LogP contribution is 2.45. The molecule has 0 fully saturated rings. The van der Waals surface area contributed by atoms with E-state index in [-0.39, 0.29) is 11.5 Å². The van der Waals surface area contributed by atoms with Crippen LogP contribution in [-0.2, 0) is 9.59 Å². The van der Waals surface area contributed by atoms with Crippen molar-refractivity contribution in [3.05, 3.63) is 88.9 Å². The van der Waals surface area contributed by atoms with Crippen LogP contribution in [0.5, 0.6) is 0 Å². The number of carbonyl (C=O) groups is 2. The summed E-state index contributed by atoms with van der Waals surface area (Å²) in [5.74, 6) is -0.437. The lowest BCUT2D eigenvalue weighted by Gasteiger charge is -2.32. The van der Waals surface area contributed by atoms with E-state index in [1.54, 1.807) is 6.92 Å². The van der Waals surface area contributed by atoms with Gasteiger partial charge in [-0.05, 0) is 42.2 Å². The summed E-state index contributed by atoms with van der Waals surface area (Å²) in [6.45, 7) is 13.3. The lowest BCUT2D eigenvalue weighted by atomic mass is 9.89. The number of amides is 1. The van der Waals surface area contributed by atoms with Crippen LogP contribution >= 0.6 is 0 Å². The van der Waals surface area contributed by atoms with Gasteiger partial charge in [0, 0.05) is 37.0 Å². The maximum Gasteiger partial charge on any atom is 0.258 e. The van der Waals surface area contributed by atoms with Crippen LogP contribution in [0, 0.1) is 6.57 Å². The van der Waals surface area contributed by atoms with Crippen LogP contribution in [0.25, 0.3) is 10.4 Å². The minimum atomic E-state index is -0.424. The van der Waals surface area contributed by atoms with Crippen molar-refractivity contribution in [1.82, 2.24) is 5.32 Å². The standard InChI is InChI=1S/C24H23N3O2/c1-16(2)21(28)14-9-15-26-24(29)23(25-3)22-17-10-5-7-12-19(17)27(4)20-13-8-6-11-18(20)22/h5-8,10-13H,1,9,14-15H2,2,4H3,(H,26,29). The summed E-state index contributed by atoms with van der Waals surface area (Å²) >= 11 is 0. The number of ketones is 1. The summed E-state index contributed by atoms with van der Waals surface area (Å²) in [6.07, 6.45) is 0.837. The van der Waals surface area contributed by atoms with E-state index in [1.807, 2.05) is 55.6 Å². The second-order valence-corrected chi connectivity index (χ2v) is 6.99. The van der Waals surface area contributed by atoms with E-state index in [0.717, 1.165) is 22.5 Å². The molecule has 1 aliphatic heterocycles. The third kappa shape index (κ3) is 3.97. The molecule has 2 aromatic carbocycles. The maximum atomic E-state index is 12.9. The number of nitrogens with zero attached hydrogens (tertiary/aromatic N) is 2. The van der Waals surface area contributed by atoms with Gasteiger partial charge in [0.25, 0.3) is 11.6 Å². The topological polar surface area (TPSA) is 53.8 Å². The monoisotopic (exact) mass is 385 g/mol. The zero-order chi connectivity index (χ0) is 21.0. The van der Waals surface area contributed by atoms with Crippen LogP contribution < -0.4 is 10.2 Å². The molecule has 0 aromatic heterocycles. The molecule has 1 N–H and O–H groups in total. The second-order valence-electron chi connectivity index (χ2n) is 6.99. The van der Waals surface area contributed by atoms with Gasteiger partial charge < -0.3 is 10.2 Å². The molecular weight excluding hydrogens is 362 g/mol. The third-order valence-corrected chi connectivity index (χ3v) is 4.98. The number of allylic oxidation sites excluding steroid dienone is 1. The summed E-state index contributed by atoms with van der Waals surface area (Å²) < 4.78 is 0. The third-order valence-electron chi connectivity index (χ3n) is 4.98. The Balaban J connectivity index is 1.94. The van der Waals surface area contributed by atoms with Crippen molar-refractivity contribution in [2.24, 2.45) is 0 Å². The second kappa shape index (κ2) is 8.57. The number of Topliss-reactive ketones (excluding diaryl/α,β-unsaturated/α-hetero) is 1. The molecular formula is C24H23N3O2. The first-order chi connectivity index (χ1) is 14.0. The summed E-state index contributed by atoms with van der Waals surface area (Å²) in [4.78, 5) is 30.2. The smallest absolute Gasteiger partial charge is 0.258 e. The molecule has 1 aliphatic rings. The van der Waals surface area contributed by atoms with E-state index in [0.29, 0.717) is 30.5 Å². The molecule has 5 nitrogen and oxygen atoms in total. The SMILES string of the molecule is [C-]#[N+]C(C(=O)NCCCC(=O)C(=C)C)=C1c2ccccc2N(C)c2ccccc21. The average molecular weight is 385 g/mol. The van der Waals surface area contributed by atoms with Crippen LogP contribution in [-0.4, -0.2) is 25.3 Å². The molecule has 0 atom stereocenters. The fourth-order valence-electron chi connectivity index (χ4n) is 3.45. The van der Waals surface area contributed by atoms with Gasteiger partial charge in [-0.15, -0.1) is 0 Å². The largest absolute Gasteiger partial charge is 0.361 e. The van der Waals surface area contributed by atoms with Crippen molar-refractivity contribution in [3.8, 4) is 0 Å². The Bertz CT molecular complexity index is 1010. The first-order valence-electron chi connectivity index (χ1n) is 9.47. The molecule has 0 bridgehead atoms. The van der Waals surface area contributed by atoms with Gasteiger partial charge >= 0.3 is 0 Å². The molecule has 0 radical (unpaired) electrons. The van der Waals surface area contributed by atoms with E-state index in [4.69, 9.17) is 6.57 Å². The molecule has 0 spiro atoms. The molecule has 2 aromatic rings. The number of hydrogen-bond donors (Lipinski definition) is 1. The lowest BCUT2D eigenvalue weighted by molar-refractivity contribution is -0.118. The molecule has 0 unspecified atom stereocenters. The van der Waals surface area contributed by atoms with Gasteiger partial charge in [-0.1, -0.05) is 43.0 Å². The first kappa shape index (κ1) is 20.1. The Kier molecular flexibility index (Phi) is 5.94. The molecule has 1 amide bonds. The summed E-state index contributed by atoms with van der Waals surface area (Å²) in [6, 6.07) is 15.5. The van der Waals surface area contributed by atoms with Gasteiger partial charge in [-0.25, -0.2) is 4.85 Å². The van der Waals surface area contributed by atoms with Gasteiger partial charge in [0.2, 0.25) is 0 Å². The van der Waals surface area contributed by atoms with Crippen molar-refractivity contribution in [2.45, 2.75) is 19.8 Å². The maximum absolute atomic E-state index is 12.9. The minimum absolute atomic E-state index is 0.0128. The number of rotatable bonds is 6. The van der Waals surface area contributed by atoms with Crippen LogP contribution in [0.15, 0.2) is 66.4 Å². The van der Waals surface area contributed by atoms with Gasteiger partial charge in [0.1, 0.15) is 0 Å². The van der Waals surface area contributed by atoms with Crippen molar-refractivity contribution in [2.75, 3.05) is 18.5 Å². The number of benzene rings is 2. The fraction of sp³-hybridized carbons (Fsp3) is 0.208. The Morgan fingerprint density at radius 2 is 1.62 bits per heavy atom. The Hall–Kier alpha value is -3.65. The number of carbonyl (C=O) groups excluding carboxylic acids is 2. The highest BCUT2D eigenvalue weighted by Gasteiger charge is 2.28. The number of anilines is 2. The van der Waals surface area contributed by atoms with Crippen molar-refractivity contribution in [1.29, 1.82) is 0 Å². The fourth-order valence-corrected chi connectivity index (χ4v) is 3.45. The van der Waals surface area contributed by atoms with E-state index in [2.05, 4.69) is 21.6 Å². The molecule has 29 heavy (non-hydrogen) atoms. The van der Waals surface area contributed by atoms with E-state index < -0.39 is 5.91 Å². The first-order valence-corrected chi connectivity index (χ1v) is 9.47. The summed E-state index contributed by atoms with van der Waals surface area (Å²) in [7, 11) is 1.98. The van der Waals surface area contributed by atoms with E-state index in [9.17, 15) is 9.59 Å². The van der Waals surface area contributed by atoms with Gasteiger partial charge in [0.15, 0.2) is 5.78 Å². The molecule has 0 saturated heterocycles. The van der Waals surface area contributed by atoms with Crippen LogP contribution in [0.1, 0.15) is 30.9 Å². The highest BCUT2D eigenvalue weighted by molar-refractivity contribution is 6.10. The van der Waals surface area contributed by atoms with Gasteiger partial charge in [-0.3, -0.25) is 9.59 Å². The van der Waals surface area contributed by atoms with E-state index >= 15 is 0 Å². The molecule has 3 rings (SSSR count). The molecule has 0 aliphatic carbocycles. The number of para-hydroxylation sites is 2. The number of hydrogen-bond acceptors (Lipinski definition) is 3. The normalized spacial score (nSPS) is 11.8. The van der Waals surface area contributed by atoms with E-state index in [1.165, 1.54) is 0 Å². The summed E-state index contributed by atoms with van der Waals surface area (Å²) in [5.41, 5.74) is 4.81. The molecule has 0 saturated carbocycles. The lowest BCUT2D eigenvalue weighted by Crippen LogP contribution is -2.27. The van der Waals surface area contributed by atoms with Crippen molar-refractivity contribution >= 4 is 28.6 Å². The van der Waals surface area contributed by atoms with Gasteiger partial charge in [-0.2, -0.15) is 0 Å². The number of nitrogens with one attached hydrogen (secondary N) is 1. The molecule has 146 valence electrons. The zero-order valence-electron chi connectivity index (χ0n) is 16.7. The predicted molar refractivity (Wildman–Crippen MR) is 116 cm³/mol. The Morgan fingerprint density at radius 1 is 1.07 bits per heavy atom. The zero-order valence-corrected chi connectivity index (χ0v) is 16.7. The Morgan fingerprint density at radius 3 is 2.14 bits per heavy atom. The minimum Gasteiger partial charge on any atom is -0.361 e. The van der Waals surface area contributed by atoms with Crippen LogP contribution in [0.3, 0.4) is 0 Å². The van der Waals surface area contributed by atoms with Crippen molar-refractivity contribution < 1.29 is 9.59 Å². The highest BCUT2D eigenvalue weighted by atomic mass is 16.2. The van der Waals surface area contributed by atoms with Gasteiger partial charge in [0.05, 0.1) is 6.57 Å². The number of fused-ring (bicyclic) bond motifs is 2. The summed E-state index contributed by atoms with van der Waals surface area (Å²) in [5, 5.41) is 2.79. The van der Waals surface area contributed by atoms with Crippen molar-refractivity contribution in [3.63, 3.8) is 0 Å². The van der Waals surface area contributed by atoms with Crippen LogP contribution in [0.4, 0.5) is 11.4 Å². The molecule has 1 heterocycles. The molecule has 5 heteroatoms. The average Bonchev–Trinajstić information content (AvgIpc) is 2.73. The quantitative estimate of drug-likeness (QED) is 0.453. The predicted octanol–water partition coefficient (Wildman–Crippen LogP) is 4.49. The Labute approximate surface area is 171 Å². The van der Waals surface area contributed by atoms with Crippen LogP contribution in [0.2, 0.25) is 0 Å².